The molecule has 11 nitrogen and oxygen atoms in total. The van der Waals surface area contributed by atoms with Crippen LogP contribution in [0, 0.1) is 0 Å². The van der Waals surface area contributed by atoms with Crippen LogP contribution < -0.4 is 10.5 Å². The van der Waals surface area contributed by atoms with Gasteiger partial charge >= 0.3 is 0 Å². The number of aromatic hydroxyl groups is 2. The van der Waals surface area contributed by atoms with E-state index in [1.165, 1.54) is 32.2 Å². The Morgan fingerprint density at radius 3 is 2.41 bits per heavy atom. The monoisotopic (exact) mass is 563 g/mol. The third-order valence-electron chi connectivity index (χ3n) is 7.80. The van der Waals surface area contributed by atoms with Crippen molar-refractivity contribution in [1.29, 1.82) is 0 Å². The fourth-order valence-corrected chi connectivity index (χ4v) is 5.66. The van der Waals surface area contributed by atoms with Gasteiger partial charge in [-0.3, -0.25) is 14.4 Å². The molecule has 6 atom stereocenters. The average molecular weight is 564 g/mol. The number of rotatable bonds is 4. The highest BCUT2D eigenvalue weighted by molar-refractivity contribution is 6.31. The van der Waals surface area contributed by atoms with Crippen LogP contribution in [-0.2, 0) is 20.7 Å². The molecule has 1 aliphatic heterocycles. The van der Waals surface area contributed by atoms with Gasteiger partial charge in [-0.05, 0) is 19.9 Å². The molecule has 0 spiro atoms. The van der Waals surface area contributed by atoms with Crippen LogP contribution in [0.4, 0.5) is 0 Å². The van der Waals surface area contributed by atoms with Crippen molar-refractivity contribution in [3.8, 4) is 17.2 Å². The predicted octanol–water partition coefficient (Wildman–Crippen LogP) is 1.45. The molecule has 0 aromatic heterocycles. The summed E-state index contributed by atoms with van der Waals surface area (Å²) in [5, 5.41) is 44.1. The minimum Gasteiger partial charge on any atom is -0.507 e. The van der Waals surface area contributed by atoms with Crippen LogP contribution in [0.15, 0.2) is 18.2 Å². The fraction of sp³-hybridized carbons (Fsp3) is 0.444. The fourth-order valence-electron chi connectivity index (χ4n) is 5.66. The lowest BCUT2D eigenvalue weighted by atomic mass is 9.72. The van der Waals surface area contributed by atoms with Crippen LogP contribution >= 0.6 is 12.4 Å². The topological polar surface area (TPSA) is 186 Å². The number of methoxy groups -OCH3 is 1. The summed E-state index contributed by atoms with van der Waals surface area (Å²) in [6.45, 7) is 2.79. The van der Waals surface area contributed by atoms with Crippen LogP contribution in [0.3, 0.4) is 0 Å². The largest absolute Gasteiger partial charge is 0.507 e. The number of ether oxygens (including phenoxy) is 3. The number of nitrogens with two attached hydrogens (primary N) is 1. The van der Waals surface area contributed by atoms with Crippen molar-refractivity contribution in [2.45, 2.75) is 69.4 Å². The van der Waals surface area contributed by atoms with Crippen LogP contribution in [0.25, 0.3) is 0 Å². The van der Waals surface area contributed by atoms with E-state index in [0.29, 0.717) is 0 Å². The smallest absolute Gasteiger partial charge is 0.202 e. The first kappa shape index (κ1) is 28.9. The lowest BCUT2D eigenvalue weighted by Crippen LogP contribution is -2.52. The highest BCUT2D eigenvalue weighted by atomic mass is 35.5. The van der Waals surface area contributed by atoms with Crippen molar-refractivity contribution < 1.29 is 49.0 Å². The van der Waals surface area contributed by atoms with E-state index < -0.39 is 82.6 Å². The van der Waals surface area contributed by atoms with Gasteiger partial charge in [-0.25, -0.2) is 0 Å². The van der Waals surface area contributed by atoms with Gasteiger partial charge in [-0.1, -0.05) is 12.1 Å². The summed E-state index contributed by atoms with van der Waals surface area (Å²) < 4.78 is 17.1. The molecule has 2 aromatic rings. The summed E-state index contributed by atoms with van der Waals surface area (Å²) in [6.07, 6.45) is -4.53. The van der Waals surface area contributed by atoms with Crippen molar-refractivity contribution in [2.24, 2.45) is 5.73 Å². The van der Waals surface area contributed by atoms with E-state index >= 15 is 0 Å². The number of carbonyl (C=O) groups excluding carboxylic acids is 3. The Kier molecular flexibility index (Phi) is 7.54. The molecule has 5 rings (SSSR count). The van der Waals surface area contributed by atoms with E-state index in [4.69, 9.17) is 19.9 Å². The summed E-state index contributed by atoms with van der Waals surface area (Å²) in [5.41, 5.74) is 2.97. The Balaban J connectivity index is 0.00000353. The van der Waals surface area contributed by atoms with Gasteiger partial charge < -0.3 is 40.4 Å². The molecule has 39 heavy (non-hydrogen) atoms. The van der Waals surface area contributed by atoms with E-state index in [2.05, 4.69) is 0 Å². The summed E-state index contributed by atoms with van der Waals surface area (Å²) in [4.78, 5) is 39.6. The van der Waals surface area contributed by atoms with Gasteiger partial charge in [0.2, 0.25) is 5.78 Å². The highest BCUT2D eigenvalue weighted by Gasteiger charge is 2.49. The highest BCUT2D eigenvalue weighted by Crippen LogP contribution is 2.52. The Labute approximate surface area is 229 Å². The third kappa shape index (κ3) is 4.39. The normalized spacial score (nSPS) is 29.5. The molecular formula is C27H30ClNO10. The van der Waals surface area contributed by atoms with E-state index in [-0.39, 0.29) is 53.3 Å². The molecule has 0 saturated carbocycles. The first-order valence-electron chi connectivity index (χ1n) is 12.2. The number of carbonyl (C=O) groups is 3. The Morgan fingerprint density at radius 1 is 1.13 bits per heavy atom. The lowest BCUT2D eigenvalue weighted by molar-refractivity contribution is -0.247. The molecule has 2 aromatic carbocycles. The van der Waals surface area contributed by atoms with Gasteiger partial charge in [0.15, 0.2) is 17.9 Å². The zero-order valence-electron chi connectivity index (χ0n) is 21.5. The minimum absolute atomic E-state index is 0. The van der Waals surface area contributed by atoms with E-state index in [0.717, 1.165) is 0 Å². The van der Waals surface area contributed by atoms with Crippen LogP contribution in [0.2, 0.25) is 0 Å². The summed E-state index contributed by atoms with van der Waals surface area (Å²) in [6, 6.07) is 3.75. The molecule has 12 heteroatoms. The number of phenolic OH excluding ortho intramolecular Hbond substituents is 2. The first-order chi connectivity index (χ1) is 17.9. The second-order valence-corrected chi connectivity index (χ2v) is 10.1. The molecule has 3 aliphatic rings. The number of aliphatic hydroxyl groups excluding tert-OH is 1. The summed E-state index contributed by atoms with van der Waals surface area (Å²) in [5.74, 6) is -3.18. The van der Waals surface area contributed by atoms with E-state index in [1.54, 1.807) is 6.92 Å². The quantitative estimate of drug-likeness (QED) is 0.289. The number of hydrogen-bond donors (Lipinski definition) is 5. The molecule has 2 aliphatic carbocycles. The average Bonchev–Trinajstić information content (AvgIpc) is 2.87. The standard InChI is InChI=1S/C27H29NO10.ClH/c1-10-22(30)14(28)7-17(37-10)38-16-9-27(35,11(2)29)8-13-19(16)26(34)21-20(24(13)32)23(31)12-5-4-6-15(36-3)18(12)25(21)33;/h4-6,10,14,16-17,22,30,32,34-35H,7-9,28H2,1-3H3;1H/t10-,14-,16?,17+,22+,27?;/m0./s1. The van der Waals surface area contributed by atoms with Gasteiger partial charge in [-0.15, -0.1) is 12.4 Å². The lowest BCUT2D eigenvalue weighted by Gasteiger charge is -2.42. The first-order valence-corrected chi connectivity index (χ1v) is 12.2. The zero-order valence-corrected chi connectivity index (χ0v) is 22.3. The number of halogens is 1. The zero-order chi connectivity index (χ0) is 27.7. The third-order valence-corrected chi connectivity index (χ3v) is 7.80. The molecular weight excluding hydrogens is 534 g/mol. The van der Waals surface area contributed by atoms with Crippen LogP contribution in [0.1, 0.15) is 75.8 Å². The number of fused-ring (bicyclic) bond motifs is 3. The molecule has 2 unspecified atom stereocenters. The SMILES string of the molecule is COc1cccc2c1C(=O)c1c(O)c3c(c(O)c1C2=O)CC(O)(C(C)=O)CC3O[C@@H]1C[C@H](N)[C@H](O)[C@H](C)O1.Cl. The van der Waals surface area contributed by atoms with Gasteiger partial charge in [-0.2, -0.15) is 0 Å². The summed E-state index contributed by atoms with van der Waals surface area (Å²) in [7, 11) is 1.34. The van der Waals surface area contributed by atoms with Gasteiger partial charge in [0, 0.05) is 42.0 Å². The van der Waals surface area contributed by atoms with Crippen LogP contribution in [0.5, 0.6) is 17.2 Å². The summed E-state index contributed by atoms with van der Waals surface area (Å²) >= 11 is 0. The van der Waals surface area contributed by atoms with Gasteiger partial charge in [0.25, 0.3) is 0 Å². The number of aliphatic hydroxyl groups is 2. The van der Waals surface area contributed by atoms with Crippen molar-refractivity contribution in [1.82, 2.24) is 0 Å². The van der Waals surface area contributed by atoms with Crippen molar-refractivity contribution in [3.05, 3.63) is 51.6 Å². The number of Topliss-reactive ketones (excluding diaryl/α,β-unsaturated/α-hetero) is 1. The van der Waals surface area contributed by atoms with Crippen molar-refractivity contribution >= 4 is 29.8 Å². The van der Waals surface area contributed by atoms with Crippen LogP contribution in [-0.4, -0.2) is 75.0 Å². The van der Waals surface area contributed by atoms with E-state index in [1.807, 2.05) is 0 Å². The van der Waals surface area contributed by atoms with Gasteiger partial charge in [0.1, 0.15) is 22.8 Å². The molecule has 210 valence electrons. The van der Waals surface area contributed by atoms with Gasteiger partial charge in [0.05, 0.1) is 42.1 Å². The minimum atomic E-state index is -2.00. The molecule has 1 saturated heterocycles. The second kappa shape index (κ2) is 10.2. The van der Waals surface area contributed by atoms with Crippen molar-refractivity contribution in [3.63, 3.8) is 0 Å². The van der Waals surface area contributed by atoms with E-state index in [9.17, 15) is 34.8 Å². The second-order valence-electron chi connectivity index (χ2n) is 10.1. The molecule has 6 N–H and O–H groups in total. The van der Waals surface area contributed by atoms with Crippen molar-refractivity contribution in [2.75, 3.05) is 7.11 Å². The molecule has 0 radical (unpaired) electrons. The number of phenols is 2. The predicted molar refractivity (Wildman–Crippen MR) is 138 cm³/mol. The molecule has 0 bridgehead atoms. The maximum Gasteiger partial charge on any atom is 0.202 e. The Hall–Kier alpha value is -3.06. The number of benzene rings is 2. The maximum absolute atomic E-state index is 13.6. The maximum atomic E-state index is 13.6. The number of ketones is 3. The Morgan fingerprint density at radius 2 is 1.79 bits per heavy atom. The number of hydrogen-bond acceptors (Lipinski definition) is 11. The Bertz CT molecular complexity index is 1370. The molecule has 1 fully saturated rings. The molecule has 1 heterocycles. The molecule has 0 amide bonds.